The molecule has 0 saturated heterocycles. The van der Waals surface area contributed by atoms with Crippen molar-refractivity contribution in [2.24, 2.45) is 17.3 Å². The smallest absolute Gasteiger partial charge is 0.249 e. The molecule has 3 aromatic carbocycles. The van der Waals surface area contributed by atoms with E-state index in [4.69, 9.17) is 23.5 Å². The van der Waals surface area contributed by atoms with Crippen molar-refractivity contribution in [3.05, 3.63) is 95.3 Å². The molecule has 1 unspecified atom stereocenters. The number of ketones is 1. The molecule has 52 heavy (non-hydrogen) atoms. The first kappa shape index (κ1) is 31.1. The number of ether oxygens (including phenoxy) is 1. The van der Waals surface area contributed by atoms with Crippen molar-refractivity contribution in [3.63, 3.8) is 0 Å². The van der Waals surface area contributed by atoms with Gasteiger partial charge in [-0.15, -0.1) is 0 Å². The molecule has 10 rings (SSSR count). The van der Waals surface area contributed by atoms with Gasteiger partial charge in [-0.05, 0) is 42.0 Å². The van der Waals surface area contributed by atoms with E-state index in [1.807, 2.05) is 52.9 Å². The first-order chi connectivity index (χ1) is 25.1. The number of H-pyrrole nitrogens is 1. The second-order valence-electron chi connectivity index (χ2n) is 15.7. The van der Waals surface area contributed by atoms with Crippen molar-refractivity contribution in [2.45, 2.75) is 71.6 Å². The summed E-state index contributed by atoms with van der Waals surface area (Å²) < 4.78 is 20.5. The van der Waals surface area contributed by atoms with Crippen molar-refractivity contribution in [2.75, 3.05) is 5.32 Å². The van der Waals surface area contributed by atoms with Gasteiger partial charge in [-0.25, -0.2) is 9.97 Å². The van der Waals surface area contributed by atoms with Crippen LogP contribution in [0.4, 0.5) is 5.69 Å². The van der Waals surface area contributed by atoms with E-state index in [1.54, 1.807) is 6.20 Å². The molecule has 6 aromatic rings. The predicted molar refractivity (Wildman–Crippen MR) is 196 cm³/mol. The summed E-state index contributed by atoms with van der Waals surface area (Å²) in [4.78, 5) is 41.4. The third-order valence-electron chi connectivity index (χ3n) is 12.0. The van der Waals surface area contributed by atoms with E-state index >= 15 is 0 Å². The minimum atomic E-state index is -1.000. The number of hydrogen-bond donors (Lipinski definition) is 3. The molecule has 4 aliphatic heterocycles. The Labute approximate surface area is 300 Å². The second kappa shape index (κ2) is 10.7. The SMILES string of the molecule is CCC(C)(C)C(=O)C[C@H]1Cc2ccc3c(c2)C24c5cccc(c5N[C@H]2O3)-c2cccc3[nH]cc(c23)-c2cnc(o2)-c2nc(oc24)[C@H](C(C)C)NC1=O. The summed E-state index contributed by atoms with van der Waals surface area (Å²) in [5.41, 5.74) is 6.58. The molecular formula is C42H39N5O5. The molecule has 1 spiro atoms. The average molecular weight is 694 g/mol. The summed E-state index contributed by atoms with van der Waals surface area (Å²) in [6.07, 6.45) is 4.30. The maximum atomic E-state index is 14.3. The van der Waals surface area contributed by atoms with Crippen molar-refractivity contribution in [3.8, 4) is 39.8 Å². The Kier molecular flexibility index (Phi) is 6.40. The normalized spacial score (nSPS) is 22.3. The lowest BCUT2D eigenvalue weighted by Crippen LogP contribution is -2.41. The van der Waals surface area contributed by atoms with Crippen LogP contribution in [0.3, 0.4) is 0 Å². The lowest BCUT2D eigenvalue weighted by atomic mass is 9.71. The van der Waals surface area contributed by atoms with Crippen LogP contribution in [-0.4, -0.2) is 32.9 Å². The maximum Gasteiger partial charge on any atom is 0.249 e. The summed E-state index contributed by atoms with van der Waals surface area (Å²) in [5.74, 6) is 1.66. The van der Waals surface area contributed by atoms with Gasteiger partial charge >= 0.3 is 0 Å². The molecule has 10 nitrogen and oxygen atoms in total. The number of carbonyl (C=O) groups excluding carboxylic acids is 2. The van der Waals surface area contributed by atoms with Gasteiger partial charge in [-0.3, -0.25) is 9.59 Å². The highest BCUT2D eigenvalue weighted by atomic mass is 16.5. The Morgan fingerprint density at radius 1 is 1.02 bits per heavy atom. The van der Waals surface area contributed by atoms with Crippen molar-refractivity contribution < 1.29 is 23.2 Å². The van der Waals surface area contributed by atoms with Gasteiger partial charge in [-0.2, -0.15) is 0 Å². The molecule has 7 heterocycles. The van der Waals surface area contributed by atoms with Gasteiger partial charge in [0.15, 0.2) is 23.4 Å². The number of nitrogens with one attached hydrogen (secondary N) is 3. The zero-order chi connectivity index (χ0) is 35.7. The third kappa shape index (κ3) is 4.12. The number of nitrogens with zero attached hydrogens (tertiary/aromatic N) is 2. The van der Waals surface area contributed by atoms with Gasteiger partial charge in [0.05, 0.1) is 6.20 Å². The van der Waals surface area contributed by atoms with Gasteiger partial charge in [0.2, 0.25) is 17.7 Å². The average Bonchev–Trinajstić information content (AvgIpc) is 3.95. The lowest BCUT2D eigenvalue weighted by molar-refractivity contribution is -0.134. The van der Waals surface area contributed by atoms with E-state index in [2.05, 4.69) is 58.1 Å². The van der Waals surface area contributed by atoms with E-state index in [-0.39, 0.29) is 24.0 Å². The van der Waals surface area contributed by atoms with Crippen LogP contribution in [0, 0.1) is 17.3 Å². The Balaban J connectivity index is 1.28. The van der Waals surface area contributed by atoms with Crippen molar-refractivity contribution >= 4 is 28.3 Å². The Bertz CT molecular complexity index is 2480. The fourth-order valence-electron chi connectivity index (χ4n) is 8.67. The largest absolute Gasteiger partial charge is 0.469 e. The Morgan fingerprint density at radius 2 is 1.85 bits per heavy atom. The van der Waals surface area contributed by atoms with E-state index < -0.39 is 29.0 Å². The summed E-state index contributed by atoms with van der Waals surface area (Å²) in [6, 6.07) is 18.1. The standard InChI is InChI=1S/C42H39N5O5/c1-6-41(4,5)31(48)17-22-15-21-13-14-29-27(16-21)42-26-11-7-10-24(34(26)47-40(42)51-29)23-9-8-12-28-32(23)25(18-43-28)30-19-44-38(50-30)35-36(42)52-39(46-35)33(20(2)3)45-37(22)49/h7-14,16,18-20,22,33,40,43,47H,6,15,17H2,1-5H3,(H,45,49)/t22-,33+,40+,42?/m1/s1. The zero-order valence-electron chi connectivity index (χ0n) is 29.7. The van der Waals surface area contributed by atoms with Gasteiger partial charge in [0.1, 0.15) is 23.0 Å². The molecule has 10 heteroatoms. The predicted octanol–water partition coefficient (Wildman–Crippen LogP) is 8.32. The first-order valence-electron chi connectivity index (χ1n) is 18.2. The number of para-hydroxylation sites is 1. The Hall–Kier alpha value is -5.64. The van der Waals surface area contributed by atoms with Gasteiger partial charge in [0.25, 0.3) is 0 Å². The number of aromatic nitrogens is 3. The Morgan fingerprint density at radius 3 is 2.67 bits per heavy atom. The van der Waals surface area contributed by atoms with Crippen LogP contribution < -0.4 is 15.4 Å². The number of amides is 1. The monoisotopic (exact) mass is 693 g/mol. The van der Waals surface area contributed by atoms with Crippen molar-refractivity contribution in [1.29, 1.82) is 0 Å². The molecule has 0 fully saturated rings. The summed E-state index contributed by atoms with van der Waals surface area (Å²) in [7, 11) is 0. The fraction of sp³-hybridized carbons (Fsp3) is 0.333. The van der Waals surface area contributed by atoms with Crippen LogP contribution in [0.25, 0.3) is 44.9 Å². The molecule has 3 aromatic heterocycles. The van der Waals surface area contributed by atoms with Gasteiger partial charge in [-0.1, -0.05) is 77.1 Å². The van der Waals surface area contributed by atoms with Crippen LogP contribution in [0.1, 0.15) is 81.8 Å². The van der Waals surface area contributed by atoms with Crippen LogP contribution in [-0.2, 0) is 21.4 Å². The van der Waals surface area contributed by atoms with E-state index in [0.717, 1.165) is 50.0 Å². The lowest BCUT2D eigenvalue weighted by Gasteiger charge is -2.29. The second-order valence-corrected chi connectivity index (χ2v) is 15.7. The third-order valence-corrected chi connectivity index (χ3v) is 12.0. The highest BCUT2D eigenvalue weighted by Gasteiger charge is 2.61. The summed E-state index contributed by atoms with van der Waals surface area (Å²) in [6.45, 7) is 9.97. The molecule has 10 bridgehead atoms. The highest BCUT2D eigenvalue weighted by Crippen LogP contribution is 2.61. The summed E-state index contributed by atoms with van der Waals surface area (Å²) >= 11 is 0. The minimum absolute atomic E-state index is 0.0666. The molecular weight excluding hydrogens is 654 g/mol. The van der Waals surface area contributed by atoms with E-state index in [1.165, 1.54) is 0 Å². The number of benzene rings is 3. The number of anilines is 1. The van der Waals surface area contributed by atoms with Gasteiger partial charge < -0.3 is 29.2 Å². The van der Waals surface area contributed by atoms with Crippen LogP contribution in [0.2, 0.25) is 0 Å². The number of aromatic amines is 1. The number of Topliss-reactive ketones (excluding diaryl/α,β-unsaturated/α-hetero) is 1. The number of oxazole rings is 2. The summed E-state index contributed by atoms with van der Waals surface area (Å²) in [5, 5.41) is 8.10. The fourth-order valence-corrected chi connectivity index (χ4v) is 8.67. The molecule has 4 aliphatic rings. The number of fused-ring (bicyclic) bond motifs is 7. The van der Waals surface area contributed by atoms with Crippen molar-refractivity contribution in [1.82, 2.24) is 20.3 Å². The molecule has 0 saturated carbocycles. The van der Waals surface area contributed by atoms with Crippen LogP contribution in [0.15, 0.2) is 75.8 Å². The molecule has 0 aliphatic carbocycles. The van der Waals surface area contributed by atoms with Gasteiger partial charge in [0, 0.05) is 62.8 Å². The minimum Gasteiger partial charge on any atom is -0.469 e. The topological polar surface area (TPSA) is 135 Å². The highest BCUT2D eigenvalue weighted by molar-refractivity contribution is 6.07. The zero-order valence-corrected chi connectivity index (χ0v) is 29.7. The number of rotatable bonds is 5. The first-order valence-corrected chi connectivity index (χ1v) is 18.2. The van der Waals surface area contributed by atoms with Crippen LogP contribution >= 0.6 is 0 Å². The maximum absolute atomic E-state index is 14.3. The molecule has 1 amide bonds. The molecule has 3 N–H and O–H groups in total. The molecule has 262 valence electrons. The molecule has 0 radical (unpaired) electrons. The number of carbonyl (C=O) groups is 2. The van der Waals surface area contributed by atoms with E-state index in [9.17, 15) is 9.59 Å². The van der Waals surface area contributed by atoms with Crippen LogP contribution in [0.5, 0.6) is 5.75 Å². The van der Waals surface area contributed by atoms with E-state index in [0.29, 0.717) is 47.6 Å². The quantitative estimate of drug-likeness (QED) is 0.164. The number of hydrogen-bond acceptors (Lipinski definition) is 8. The molecule has 4 atom stereocenters.